The van der Waals surface area contributed by atoms with E-state index in [2.05, 4.69) is 10.3 Å². The first kappa shape index (κ1) is 10.5. The zero-order valence-electron chi connectivity index (χ0n) is 9.27. The highest BCUT2D eigenvalue weighted by molar-refractivity contribution is 5.67. The third kappa shape index (κ3) is 2.31. The van der Waals surface area contributed by atoms with E-state index in [-0.39, 0.29) is 0 Å². The average Bonchev–Trinajstić information content (AvgIpc) is 2.30. The zero-order chi connectivity index (χ0) is 11.4. The van der Waals surface area contributed by atoms with E-state index in [4.69, 9.17) is 5.73 Å². The smallest absolute Gasteiger partial charge is 0.125 e. The summed E-state index contributed by atoms with van der Waals surface area (Å²) < 4.78 is 0. The van der Waals surface area contributed by atoms with Crippen molar-refractivity contribution in [2.75, 3.05) is 17.6 Å². The molecule has 1 aromatic heterocycles. The molecule has 2 rings (SSSR count). The van der Waals surface area contributed by atoms with E-state index in [0.717, 1.165) is 29.2 Å². The molecule has 0 aliphatic rings. The standard InChI is InChI=1S/C13H15N3/c1-2-15-13-7-6-11(9-16-13)10-4-3-5-12(14)8-10/h3-9H,2,14H2,1H3,(H,15,16). The van der Waals surface area contributed by atoms with Gasteiger partial charge >= 0.3 is 0 Å². The molecule has 0 saturated carbocycles. The number of hydrogen-bond acceptors (Lipinski definition) is 3. The molecule has 3 N–H and O–H groups in total. The van der Waals surface area contributed by atoms with Crippen LogP contribution in [0.3, 0.4) is 0 Å². The lowest BCUT2D eigenvalue weighted by Crippen LogP contribution is -1.98. The largest absolute Gasteiger partial charge is 0.399 e. The highest BCUT2D eigenvalue weighted by Crippen LogP contribution is 2.21. The summed E-state index contributed by atoms with van der Waals surface area (Å²) in [6.45, 7) is 2.93. The summed E-state index contributed by atoms with van der Waals surface area (Å²) in [6.07, 6.45) is 1.85. The van der Waals surface area contributed by atoms with Crippen molar-refractivity contribution in [3.8, 4) is 11.1 Å². The summed E-state index contributed by atoms with van der Waals surface area (Å²) in [5, 5.41) is 3.16. The first-order valence-corrected chi connectivity index (χ1v) is 5.35. The molecule has 16 heavy (non-hydrogen) atoms. The Hall–Kier alpha value is -2.03. The van der Waals surface area contributed by atoms with Crippen molar-refractivity contribution in [2.24, 2.45) is 0 Å². The van der Waals surface area contributed by atoms with Gasteiger partial charge in [-0.3, -0.25) is 0 Å². The number of hydrogen-bond donors (Lipinski definition) is 2. The molecule has 0 fully saturated rings. The van der Waals surface area contributed by atoms with Crippen LogP contribution in [0.4, 0.5) is 11.5 Å². The maximum atomic E-state index is 5.74. The van der Waals surface area contributed by atoms with E-state index in [1.165, 1.54) is 0 Å². The van der Waals surface area contributed by atoms with Gasteiger partial charge in [-0.25, -0.2) is 4.98 Å². The summed E-state index contributed by atoms with van der Waals surface area (Å²) >= 11 is 0. The molecular weight excluding hydrogens is 198 g/mol. The van der Waals surface area contributed by atoms with E-state index < -0.39 is 0 Å². The van der Waals surface area contributed by atoms with Crippen LogP contribution < -0.4 is 11.1 Å². The van der Waals surface area contributed by atoms with Crippen LogP contribution in [-0.2, 0) is 0 Å². The molecule has 0 unspecified atom stereocenters. The van der Waals surface area contributed by atoms with Crippen LogP contribution in [0.25, 0.3) is 11.1 Å². The van der Waals surface area contributed by atoms with Gasteiger partial charge in [0, 0.05) is 24.0 Å². The molecule has 1 aromatic carbocycles. The predicted molar refractivity (Wildman–Crippen MR) is 68.2 cm³/mol. The number of pyridine rings is 1. The highest BCUT2D eigenvalue weighted by atomic mass is 15.0. The molecule has 0 bridgehead atoms. The van der Waals surface area contributed by atoms with Crippen LogP contribution in [-0.4, -0.2) is 11.5 Å². The maximum absolute atomic E-state index is 5.74. The van der Waals surface area contributed by atoms with Crippen molar-refractivity contribution in [2.45, 2.75) is 6.92 Å². The third-order valence-corrected chi connectivity index (χ3v) is 2.34. The van der Waals surface area contributed by atoms with Crippen LogP contribution >= 0.6 is 0 Å². The van der Waals surface area contributed by atoms with Crippen molar-refractivity contribution < 1.29 is 0 Å². The Morgan fingerprint density at radius 1 is 1.19 bits per heavy atom. The fourth-order valence-electron chi connectivity index (χ4n) is 1.57. The minimum atomic E-state index is 0.772. The molecule has 2 aromatic rings. The number of rotatable bonds is 3. The van der Waals surface area contributed by atoms with Crippen molar-refractivity contribution in [1.29, 1.82) is 0 Å². The lowest BCUT2D eigenvalue weighted by Gasteiger charge is -2.05. The molecule has 0 radical (unpaired) electrons. The van der Waals surface area contributed by atoms with Crippen molar-refractivity contribution >= 4 is 11.5 Å². The summed E-state index contributed by atoms with van der Waals surface area (Å²) in [5.41, 5.74) is 8.68. The normalized spacial score (nSPS) is 10.1. The second kappa shape index (κ2) is 4.66. The monoisotopic (exact) mass is 213 g/mol. The molecule has 3 heteroatoms. The van der Waals surface area contributed by atoms with Gasteiger partial charge < -0.3 is 11.1 Å². The molecule has 1 heterocycles. The minimum absolute atomic E-state index is 0.772. The molecule has 0 atom stereocenters. The molecule has 0 aliphatic heterocycles. The van der Waals surface area contributed by atoms with Crippen LogP contribution in [0.5, 0.6) is 0 Å². The Bertz CT molecular complexity index is 463. The third-order valence-electron chi connectivity index (χ3n) is 2.34. The lowest BCUT2D eigenvalue weighted by molar-refractivity contribution is 1.16. The Balaban J connectivity index is 2.27. The fourth-order valence-corrected chi connectivity index (χ4v) is 1.57. The van der Waals surface area contributed by atoms with Gasteiger partial charge in [0.05, 0.1) is 0 Å². The van der Waals surface area contributed by atoms with Gasteiger partial charge in [0.2, 0.25) is 0 Å². The van der Waals surface area contributed by atoms with Gasteiger partial charge in [-0.1, -0.05) is 12.1 Å². The second-order valence-electron chi connectivity index (χ2n) is 3.59. The van der Waals surface area contributed by atoms with Gasteiger partial charge in [0.25, 0.3) is 0 Å². The van der Waals surface area contributed by atoms with Gasteiger partial charge in [0.1, 0.15) is 5.82 Å². The quantitative estimate of drug-likeness (QED) is 0.771. The summed E-state index contributed by atoms with van der Waals surface area (Å²) in [4.78, 5) is 4.32. The van der Waals surface area contributed by atoms with E-state index in [1.54, 1.807) is 0 Å². The molecule has 0 spiro atoms. The second-order valence-corrected chi connectivity index (χ2v) is 3.59. The Morgan fingerprint density at radius 2 is 2.06 bits per heavy atom. The van der Waals surface area contributed by atoms with Crippen molar-refractivity contribution in [3.05, 3.63) is 42.6 Å². The van der Waals surface area contributed by atoms with Gasteiger partial charge in [-0.2, -0.15) is 0 Å². The molecule has 0 amide bonds. The van der Waals surface area contributed by atoms with Crippen molar-refractivity contribution in [1.82, 2.24) is 4.98 Å². The molecule has 3 nitrogen and oxygen atoms in total. The number of nitrogens with two attached hydrogens (primary N) is 1. The van der Waals surface area contributed by atoms with Crippen LogP contribution in [0.2, 0.25) is 0 Å². The average molecular weight is 213 g/mol. The minimum Gasteiger partial charge on any atom is -0.399 e. The molecule has 0 aliphatic carbocycles. The Kier molecular flexibility index (Phi) is 3.05. The number of anilines is 2. The lowest BCUT2D eigenvalue weighted by atomic mass is 10.1. The fraction of sp³-hybridized carbons (Fsp3) is 0.154. The van der Waals surface area contributed by atoms with Crippen LogP contribution in [0.15, 0.2) is 42.6 Å². The summed E-state index contributed by atoms with van der Waals surface area (Å²) in [6, 6.07) is 11.8. The summed E-state index contributed by atoms with van der Waals surface area (Å²) in [7, 11) is 0. The Morgan fingerprint density at radius 3 is 2.69 bits per heavy atom. The SMILES string of the molecule is CCNc1ccc(-c2cccc(N)c2)cn1. The van der Waals surface area contributed by atoms with E-state index >= 15 is 0 Å². The number of benzene rings is 1. The number of nitrogens with zero attached hydrogens (tertiary/aromatic N) is 1. The predicted octanol–water partition coefficient (Wildman–Crippen LogP) is 2.76. The molecule has 82 valence electrons. The first-order chi connectivity index (χ1) is 7.79. The van der Waals surface area contributed by atoms with E-state index in [9.17, 15) is 0 Å². The molecular formula is C13H15N3. The van der Waals surface area contributed by atoms with Crippen LogP contribution in [0.1, 0.15) is 6.92 Å². The highest BCUT2D eigenvalue weighted by Gasteiger charge is 1.98. The van der Waals surface area contributed by atoms with Gasteiger partial charge in [-0.05, 0) is 36.8 Å². The molecule has 0 saturated heterocycles. The topological polar surface area (TPSA) is 50.9 Å². The maximum Gasteiger partial charge on any atom is 0.125 e. The van der Waals surface area contributed by atoms with Gasteiger partial charge in [-0.15, -0.1) is 0 Å². The number of nitrogen functional groups attached to an aromatic ring is 1. The van der Waals surface area contributed by atoms with Crippen LogP contribution in [0, 0.1) is 0 Å². The van der Waals surface area contributed by atoms with Gasteiger partial charge in [0.15, 0.2) is 0 Å². The number of aromatic nitrogens is 1. The first-order valence-electron chi connectivity index (χ1n) is 5.35. The van der Waals surface area contributed by atoms with E-state index in [0.29, 0.717) is 0 Å². The van der Waals surface area contributed by atoms with Crippen molar-refractivity contribution in [3.63, 3.8) is 0 Å². The van der Waals surface area contributed by atoms with E-state index in [1.807, 2.05) is 49.5 Å². The summed E-state index contributed by atoms with van der Waals surface area (Å²) in [5.74, 6) is 0.898. The zero-order valence-corrected chi connectivity index (χ0v) is 9.27. The number of nitrogens with one attached hydrogen (secondary N) is 1. The Labute approximate surface area is 95.3 Å².